The molecule has 2 heterocycles. The minimum atomic E-state index is -0.0161. The molecule has 0 saturated heterocycles. The molecule has 214 valence electrons. The molecule has 7 rings (SSSR count). The molecule has 5 saturated carbocycles. The first-order valence-electron chi connectivity index (χ1n) is 15.1. The van der Waals surface area contributed by atoms with Gasteiger partial charge in [0.25, 0.3) is 5.91 Å². The normalized spacial score (nSPS) is 28.3. The molecule has 11 heteroatoms. The first-order chi connectivity index (χ1) is 19.0. The molecule has 39 heavy (non-hydrogen) atoms. The minimum absolute atomic E-state index is 0.0161. The van der Waals surface area contributed by atoms with Gasteiger partial charge in [0.1, 0.15) is 5.56 Å². The molecular weight excluding hydrogens is 512 g/mol. The highest BCUT2D eigenvalue weighted by Gasteiger charge is 2.48. The number of likely N-dealkylation sites (N-methyl/N-ethyl adjacent to an activating group) is 1. The summed E-state index contributed by atoms with van der Waals surface area (Å²) in [5.41, 5.74) is 0.584. The van der Waals surface area contributed by atoms with Gasteiger partial charge in [0, 0.05) is 18.3 Å². The van der Waals surface area contributed by atoms with Crippen LogP contribution in [-0.2, 0) is 13.1 Å². The molecule has 2 aromatic rings. The van der Waals surface area contributed by atoms with E-state index in [1.165, 1.54) is 64.2 Å². The molecule has 0 spiro atoms. The third-order valence-corrected chi connectivity index (χ3v) is 10.5. The lowest BCUT2D eigenvalue weighted by molar-refractivity contribution is -0.0120. The number of tetrazole rings is 1. The second kappa shape index (κ2) is 12.2. The Morgan fingerprint density at radius 2 is 1.79 bits per heavy atom. The van der Waals surface area contributed by atoms with Crippen LogP contribution >= 0.6 is 11.8 Å². The third-order valence-electron chi connectivity index (χ3n) is 9.53. The Labute approximate surface area is 236 Å². The first kappa shape index (κ1) is 27.1. The largest absolute Gasteiger partial charge is 0.477 e. The SMILES string of the molecule is CN(C)CCn1nnnc1SCCn1ncc(C(=O)NC2C3CC4CC(C3)CC2C4)c1OCC1CCCCC1. The Kier molecular flexibility index (Phi) is 8.44. The van der Waals surface area contributed by atoms with Crippen molar-refractivity contribution in [2.24, 2.45) is 29.6 Å². The third kappa shape index (κ3) is 6.29. The zero-order chi connectivity index (χ0) is 26.8. The Hall–Kier alpha value is -2.14. The Bertz CT molecular complexity index is 1080. The van der Waals surface area contributed by atoms with Gasteiger partial charge in [0.15, 0.2) is 0 Å². The number of aryl methyl sites for hydroxylation is 1. The van der Waals surface area contributed by atoms with Crippen molar-refractivity contribution >= 4 is 17.7 Å². The molecule has 1 amide bonds. The topological polar surface area (TPSA) is 103 Å². The first-order valence-corrected chi connectivity index (χ1v) is 16.0. The van der Waals surface area contributed by atoms with Crippen LogP contribution in [0, 0.1) is 29.6 Å². The van der Waals surface area contributed by atoms with Gasteiger partial charge in [-0.05, 0) is 99.1 Å². The fourth-order valence-electron chi connectivity index (χ4n) is 7.74. The van der Waals surface area contributed by atoms with Crippen LogP contribution in [0.1, 0.15) is 74.6 Å². The van der Waals surface area contributed by atoms with Gasteiger partial charge in [-0.25, -0.2) is 9.36 Å². The van der Waals surface area contributed by atoms with E-state index in [-0.39, 0.29) is 5.91 Å². The number of amides is 1. The molecule has 10 nitrogen and oxygen atoms in total. The van der Waals surface area contributed by atoms with E-state index in [1.54, 1.807) is 18.0 Å². The summed E-state index contributed by atoms with van der Waals surface area (Å²) in [6.07, 6.45) is 14.5. The average Bonchev–Trinajstić information content (AvgIpc) is 3.55. The van der Waals surface area contributed by atoms with Crippen molar-refractivity contribution in [3.05, 3.63) is 11.8 Å². The molecule has 0 unspecified atom stereocenters. The van der Waals surface area contributed by atoms with E-state index in [2.05, 4.69) is 30.8 Å². The fraction of sp³-hybridized carbons (Fsp3) is 0.821. The summed E-state index contributed by atoms with van der Waals surface area (Å²) in [5.74, 6) is 4.95. The zero-order valence-electron chi connectivity index (χ0n) is 23.5. The van der Waals surface area contributed by atoms with Crippen molar-refractivity contribution in [1.29, 1.82) is 0 Å². The predicted octanol–water partition coefficient (Wildman–Crippen LogP) is 3.74. The van der Waals surface area contributed by atoms with Crippen LogP contribution in [0.25, 0.3) is 0 Å². The lowest BCUT2D eigenvalue weighted by atomic mass is 9.54. The fourth-order valence-corrected chi connectivity index (χ4v) is 8.56. The lowest BCUT2D eigenvalue weighted by Gasteiger charge is -2.54. The molecule has 0 atom stereocenters. The maximum Gasteiger partial charge on any atom is 0.258 e. The quantitative estimate of drug-likeness (QED) is 0.395. The van der Waals surface area contributed by atoms with Gasteiger partial charge in [0.05, 0.1) is 25.9 Å². The summed E-state index contributed by atoms with van der Waals surface area (Å²) in [6, 6.07) is 0.302. The van der Waals surface area contributed by atoms with Gasteiger partial charge < -0.3 is 15.0 Å². The van der Waals surface area contributed by atoms with Crippen LogP contribution in [0.4, 0.5) is 0 Å². The van der Waals surface area contributed by atoms with Crippen LogP contribution in [-0.4, -0.2) is 79.8 Å². The van der Waals surface area contributed by atoms with Crippen molar-refractivity contribution in [2.75, 3.05) is 33.0 Å². The maximum atomic E-state index is 13.7. The van der Waals surface area contributed by atoms with Crippen LogP contribution in [0.3, 0.4) is 0 Å². The van der Waals surface area contributed by atoms with Gasteiger partial charge in [-0.3, -0.25) is 4.79 Å². The van der Waals surface area contributed by atoms with Crippen LogP contribution in [0.2, 0.25) is 0 Å². The number of nitrogens with zero attached hydrogens (tertiary/aromatic N) is 7. The Morgan fingerprint density at radius 3 is 2.51 bits per heavy atom. The highest BCUT2D eigenvalue weighted by Crippen LogP contribution is 2.53. The molecule has 5 fully saturated rings. The van der Waals surface area contributed by atoms with Crippen LogP contribution in [0.5, 0.6) is 5.88 Å². The second-order valence-corrected chi connectivity index (χ2v) is 13.7. The molecule has 2 aromatic heterocycles. The van der Waals surface area contributed by atoms with Gasteiger partial charge in [0.2, 0.25) is 11.0 Å². The van der Waals surface area contributed by atoms with E-state index in [0.717, 1.165) is 35.8 Å². The number of ether oxygens (including phenoxy) is 1. The molecule has 1 N–H and O–H groups in total. The molecule has 5 aliphatic carbocycles. The Morgan fingerprint density at radius 1 is 1.05 bits per heavy atom. The van der Waals surface area contributed by atoms with Crippen LogP contribution < -0.4 is 10.1 Å². The summed E-state index contributed by atoms with van der Waals surface area (Å²) in [7, 11) is 4.08. The number of nitrogens with one attached hydrogen (secondary N) is 1. The predicted molar refractivity (Wildman–Crippen MR) is 150 cm³/mol. The molecule has 5 aliphatic rings. The summed E-state index contributed by atoms with van der Waals surface area (Å²) in [6.45, 7) is 2.89. The number of aromatic nitrogens is 6. The Balaban J connectivity index is 1.12. The van der Waals surface area contributed by atoms with E-state index in [4.69, 9.17) is 4.74 Å². The van der Waals surface area contributed by atoms with Crippen LogP contribution in [0.15, 0.2) is 11.4 Å². The number of carbonyl (C=O) groups is 1. The monoisotopic (exact) mass is 556 g/mol. The molecular formula is C28H44N8O2S. The minimum Gasteiger partial charge on any atom is -0.477 e. The molecule has 0 aliphatic heterocycles. The smallest absolute Gasteiger partial charge is 0.258 e. The highest BCUT2D eigenvalue weighted by atomic mass is 32.2. The van der Waals surface area contributed by atoms with Crippen molar-refractivity contribution in [1.82, 2.24) is 40.2 Å². The van der Waals surface area contributed by atoms with Crippen molar-refractivity contribution in [3.8, 4) is 5.88 Å². The van der Waals surface area contributed by atoms with Gasteiger partial charge in [-0.2, -0.15) is 5.10 Å². The maximum absolute atomic E-state index is 13.7. The zero-order valence-corrected chi connectivity index (χ0v) is 24.3. The van der Waals surface area contributed by atoms with Gasteiger partial charge >= 0.3 is 0 Å². The van der Waals surface area contributed by atoms with E-state index < -0.39 is 0 Å². The van der Waals surface area contributed by atoms with E-state index in [9.17, 15) is 4.79 Å². The molecule has 0 aromatic carbocycles. The van der Waals surface area contributed by atoms with E-state index in [1.807, 2.05) is 23.5 Å². The number of carbonyl (C=O) groups excluding carboxylic acids is 1. The number of rotatable bonds is 12. The molecule has 4 bridgehead atoms. The summed E-state index contributed by atoms with van der Waals surface area (Å²) in [5, 5.41) is 21.1. The van der Waals surface area contributed by atoms with Gasteiger partial charge in [-0.15, -0.1) is 5.10 Å². The van der Waals surface area contributed by atoms with E-state index in [0.29, 0.717) is 48.4 Å². The molecule has 0 radical (unpaired) electrons. The average molecular weight is 557 g/mol. The summed E-state index contributed by atoms with van der Waals surface area (Å²) < 4.78 is 10.1. The van der Waals surface area contributed by atoms with Crippen molar-refractivity contribution in [3.63, 3.8) is 0 Å². The van der Waals surface area contributed by atoms with Crippen molar-refractivity contribution < 1.29 is 9.53 Å². The number of hydrogen-bond acceptors (Lipinski definition) is 8. The van der Waals surface area contributed by atoms with E-state index >= 15 is 0 Å². The van der Waals surface area contributed by atoms with Gasteiger partial charge in [-0.1, -0.05) is 31.0 Å². The number of hydrogen-bond donors (Lipinski definition) is 1. The summed E-state index contributed by atoms with van der Waals surface area (Å²) in [4.78, 5) is 15.8. The second-order valence-electron chi connectivity index (χ2n) is 12.7. The lowest BCUT2D eigenvalue weighted by Crippen LogP contribution is -2.55. The van der Waals surface area contributed by atoms with Crippen molar-refractivity contribution in [2.45, 2.75) is 88.5 Å². The summed E-state index contributed by atoms with van der Waals surface area (Å²) >= 11 is 1.61. The standard InChI is InChI=1S/C28H44N8O2S/c1-34(2)8-9-36-28(31-32-33-36)39-11-10-35-27(38-18-19-6-4-3-5-7-19)24(17-29-35)26(37)30-25-22-13-20-12-21(15-22)16-23(25)14-20/h17,19-23,25H,3-16,18H2,1-2H3,(H,30,37). The number of thioether (sulfide) groups is 1. The highest BCUT2D eigenvalue weighted by molar-refractivity contribution is 7.99.